The number of carbonyl (C=O) groups is 4. The Morgan fingerprint density at radius 2 is 1.67 bits per heavy atom. The number of esters is 1. The molecule has 2 aromatic carbocycles. The standard InChI is InChI=1S/C32H45N3O8/c1-21(2)17-26(34-32(39)43-20-23-11-8-7-9-12-23)30(37)35(29(22(3)4)31(38)41-6)19-24-14-15-25(18-27(24)40-5)42-16-10-13-28(33)36/h7-9,11-12,14-15,18,21-22,26,29H,10,13,16-17,19-20H2,1-6H3,(H2,33,36)(H,34,39)/t26-,29-/m0/s1. The van der Waals surface area contributed by atoms with E-state index in [1.165, 1.54) is 19.1 Å². The number of ether oxygens (including phenoxy) is 4. The molecule has 0 aliphatic rings. The Morgan fingerprint density at radius 3 is 2.26 bits per heavy atom. The lowest BCUT2D eigenvalue weighted by molar-refractivity contribution is -0.156. The van der Waals surface area contributed by atoms with Crippen LogP contribution in [0.5, 0.6) is 11.5 Å². The van der Waals surface area contributed by atoms with Gasteiger partial charge in [-0.3, -0.25) is 9.59 Å². The highest BCUT2D eigenvalue weighted by Crippen LogP contribution is 2.29. The van der Waals surface area contributed by atoms with Crippen LogP contribution in [-0.4, -0.2) is 61.7 Å². The predicted molar refractivity (Wildman–Crippen MR) is 161 cm³/mol. The quantitative estimate of drug-likeness (QED) is 0.203. The highest BCUT2D eigenvalue weighted by molar-refractivity contribution is 5.90. The Kier molecular flexibility index (Phi) is 14.3. The summed E-state index contributed by atoms with van der Waals surface area (Å²) in [4.78, 5) is 52.4. The number of nitrogens with zero attached hydrogens (tertiary/aromatic N) is 1. The van der Waals surface area contributed by atoms with Crippen molar-refractivity contribution in [2.75, 3.05) is 20.8 Å². The van der Waals surface area contributed by atoms with E-state index >= 15 is 0 Å². The molecule has 236 valence electrons. The SMILES string of the molecule is COC(=O)[C@H](C(C)C)N(Cc1ccc(OCCCC(N)=O)cc1OC)C(=O)[C@H](CC(C)C)NC(=O)OCc1ccccc1. The molecule has 0 aliphatic heterocycles. The first-order valence-corrected chi connectivity index (χ1v) is 14.4. The molecule has 0 saturated heterocycles. The first-order valence-electron chi connectivity index (χ1n) is 14.4. The predicted octanol–water partition coefficient (Wildman–Crippen LogP) is 4.21. The van der Waals surface area contributed by atoms with Gasteiger partial charge < -0.3 is 34.9 Å². The van der Waals surface area contributed by atoms with Crippen molar-refractivity contribution in [2.24, 2.45) is 17.6 Å². The molecule has 0 fully saturated rings. The molecule has 0 saturated carbocycles. The Labute approximate surface area is 254 Å². The van der Waals surface area contributed by atoms with Gasteiger partial charge in [0.15, 0.2) is 0 Å². The van der Waals surface area contributed by atoms with Gasteiger partial charge in [-0.2, -0.15) is 0 Å². The lowest BCUT2D eigenvalue weighted by atomic mass is 9.97. The number of carbonyl (C=O) groups excluding carboxylic acids is 4. The number of benzene rings is 2. The number of nitrogens with two attached hydrogens (primary N) is 1. The van der Waals surface area contributed by atoms with Crippen molar-refractivity contribution < 1.29 is 38.1 Å². The lowest BCUT2D eigenvalue weighted by Crippen LogP contribution is -2.55. The van der Waals surface area contributed by atoms with Crippen LogP contribution in [0.15, 0.2) is 48.5 Å². The van der Waals surface area contributed by atoms with E-state index in [0.717, 1.165) is 5.56 Å². The monoisotopic (exact) mass is 599 g/mol. The molecular weight excluding hydrogens is 554 g/mol. The van der Waals surface area contributed by atoms with E-state index < -0.39 is 36.0 Å². The zero-order valence-electron chi connectivity index (χ0n) is 26.0. The van der Waals surface area contributed by atoms with Crippen molar-refractivity contribution in [3.05, 3.63) is 59.7 Å². The van der Waals surface area contributed by atoms with Crippen molar-refractivity contribution in [2.45, 2.75) is 72.2 Å². The zero-order valence-corrected chi connectivity index (χ0v) is 26.0. The molecular formula is C32H45N3O8. The molecule has 0 radical (unpaired) electrons. The molecule has 43 heavy (non-hydrogen) atoms. The summed E-state index contributed by atoms with van der Waals surface area (Å²) in [5.41, 5.74) is 6.61. The first kappa shape index (κ1) is 34.9. The number of amides is 3. The largest absolute Gasteiger partial charge is 0.496 e. The maximum Gasteiger partial charge on any atom is 0.408 e. The normalized spacial score (nSPS) is 12.3. The number of hydrogen-bond donors (Lipinski definition) is 2. The summed E-state index contributed by atoms with van der Waals surface area (Å²) < 4.78 is 21.8. The minimum Gasteiger partial charge on any atom is -0.496 e. The molecule has 3 N–H and O–H groups in total. The van der Waals surface area contributed by atoms with E-state index in [1.807, 2.05) is 58.0 Å². The molecule has 0 aromatic heterocycles. The smallest absolute Gasteiger partial charge is 0.408 e. The van der Waals surface area contributed by atoms with Crippen LogP contribution in [0.1, 0.15) is 58.1 Å². The van der Waals surface area contributed by atoms with Gasteiger partial charge in [0.1, 0.15) is 30.2 Å². The van der Waals surface area contributed by atoms with Gasteiger partial charge in [0, 0.05) is 18.1 Å². The molecule has 0 unspecified atom stereocenters. The first-order chi connectivity index (χ1) is 20.5. The van der Waals surface area contributed by atoms with Gasteiger partial charge in [-0.25, -0.2) is 9.59 Å². The van der Waals surface area contributed by atoms with Crippen molar-refractivity contribution in [3.63, 3.8) is 0 Å². The van der Waals surface area contributed by atoms with Crippen molar-refractivity contribution >= 4 is 23.9 Å². The van der Waals surface area contributed by atoms with Crippen LogP contribution >= 0.6 is 0 Å². The van der Waals surface area contributed by atoms with Gasteiger partial charge >= 0.3 is 12.1 Å². The van der Waals surface area contributed by atoms with Crippen LogP contribution in [0.2, 0.25) is 0 Å². The maximum absolute atomic E-state index is 14.2. The van der Waals surface area contributed by atoms with Crippen LogP contribution in [0, 0.1) is 11.8 Å². The van der Waals surface area contributed by atoms with E-state index in [2.05, 4.69) is 5.32 Å². The fourth-order valence-electron chi connectivity index (χ4n) is 4.56. The number of methoxy groups -OCH3 is 2. The van der Waals surface area contributed by atoms with E-state index in [-0.39, 0.29) is 38.0 Å². The summed E-state index contributed by atoms with van der Waals surface area (Å²) in [5, 5.41) is 2.72. The van der Waals surface area contributed by atoms with Gasteiger partial charge in [0.2, 0.25) is 11.8 Å². The van der Waals surface area contributed by atoms with E-state index in [0.29, 0.717) is 29.9 Å². The molecule has 0 bridgehead atoms. The minimum absolute atomic E-state index is 0.00273. The molecule has 11 heteroatoms. The summed E-state index contributed by atoms with van der Waals surface area (Å²) in [6, 6.07) is 12.5. The number of primary amides is 1. The minimum atomic E-state index is -0.965. The number of alkyl carbamates (subject to hydrolysis) is 1. The average Bonchev–Trinajstić information content (AvgIpc) is 2.97. The Balaban J connectivity index is 2.35. The summed E-state index contributed by atoms with van der Waals surface area (Å²) in [6.45, 7) is 7.85. The van der Waals surface area contributed by atoms with Gasteiger partial charge in [0.05, 0.1) is 27.4 Å². The molecule has 2 rings (SSSR count). The third kappa shape index (κ3) is 11.5. The molecule has 11 nitrogen and oxygen atoms in total. The lowest BCUT2D eigenvalue weighted by Gasteiger charge is -2.35. The van der Waals surface area contributed by atoms with Crippen LogP contribution in [-0.2, 0) is 37.0 Å². The van der Waals surface area contributed by atoms with Crippen molar-refractivity contribution in [1.82, 2.24) is 10.2 Å². The van der Waals surface area contributed by atoms with Crippen molar-refractivity contribution in [1.29, 1.82) is 0 Å². The van der Waals surface area contributed by atoms with Gasteiger partial charge in [-0.1, -0.05) is 58.0 Å². The van der Waals surface area contributed by atoms with Crippen LogP contribution in [0.25, 0.3) is 0 Å². The highest BCUT2D eigenvalue weighted by atomic mass is 16.5. The van der Waals surface area contributed by atoms with Crippen LogP contribution in [0.3, 0.4) is 0 Å². The number of nitrogens with one attached hydrogen (secondary N) is 1. The summed E-state index contributed by atoms with van der Waals surface area (Å²) in [6.07, 6.45) is 0.255. The average molecular weight is 600 g/mol. The summed E-state index contributed by atoms with van der Waals surface area (Å²) in [5.74, 6) is -0.747. The van der Waals surface area contributed by atoms with E-state index in [1.54, 1.807) is 18.2 Å². The molecule has 2 atom stereocenters. The Morgan fingerprint density at radius 1 is 0.977 bits per heavy atom. The summed E-state index contributed by atoms with van der Waals surface area (Å²) in [7, 11) is 2.77. The zero-order chi connectivity index (χ0) is 31.9. The fourth-order valence-corrected chi connectivity index (χ4v) is 4.56. The highest BCUT2D eigenvalue weighted by Gasteiger charge is 2.38. The van der Waals surface area contributed by atoms with Gasteiger partial charge in [0.25, 0.3) is 0 Å². The molecule has 0 spiro atoms. The Bertz CT molecular complexity index is 1200. The second-order valence-electron chi connectivity index (χ2n) is 11.0. The number of rotatable bonds is 17. The third-order valence-corrected chi connectivity index (χ3v) is 6.64. The second-order valence-corrected chi connectivity index (χ2v) is 11.0. The van der Waals surface area contributed by atoms with Crippen LogP contribution in [0.4, 0.5) is 4.79 Å². The molecule has 3 amide bonds. The van der Waals surface area contributed by atoms with E-state index in [4.69, 9.17) is 24.7 Å². The molecule has 2 aromatic rings. The third-order valence-electron chi connectivity index (χ3n) is 6.64. The van der Waals surface area contributed by atoms with Crippen LogP contribution < -0.4 is 20.5 Å². The fraction of sp³-hybridized carbons (Fsp3) is 0.500. The van der Waals surface area contributed by atoms with Crippen molar-refractivity contribution in [3.8, 4) is 11.5 Å². The molecule has 0 heterocycles. The van der Waals surface area contributed by atoms with Gasteiger partial charge in [-0.15, -0.1) is 0 Å². The summed E-state index contributed by atoms with van der Waals surface area (Å²) >= 11 is 0. The maximum atomic E-state index is 14.2. The van der Waals surface area contributed by atoms with Gasteiger partial charge in [-0.05, 0) is 42.4 Å². The topological polar surface area (TPSA) is 146 Å². The second kappa shape index (κ2) is 17.6. The van der Waals surface area contributed by atoms with E-state index in [9.17, 15) is 19.2 Å². The number of hydrogen-bond acceptors (Lipinski definition) is 8. The molecule has 0 aliphatic carbocycles. The Hall–Kier alpha value is -4.28.